The molecule has 0 amide bonds. The second-order valence-electron chi connectivity index (χ2n) is 4.88. The first kappa shape index (κ1) is 21.6. The Bertz CT molecular complexity index is 669. The lowest BCUT2D eigenvalue weighted by Gasteiger charge is -2.19. The summed E-state index contributed by atoms with van der Waals surface area (Å²) in [6, 6.07) is 0. The second-order valence-corrected chi connectivity index (χ2v) is 7.91. The average molecular weight is 401 g/mol. The van der Waals surface area contributed by atoms with Crippen LogP contribution in [0.5, 0.6) is 0 Å². The summed E-state index contributed by atoms with van der Waals surface area (Å²) in [5, 5.41) is 6.83. The topological polar surface area (TPSA) is 86.7 Å². The molecule has 0 atom stereocenters. The van der Waals surface area contributed by atoms with E-state index in [-0.39, 0.29) is 23.8 Å². The van der Waals surface area contributed by atoms with E-state index in [1.165, 1.54) is 11.4 Å². The van der Waals surface area contributed by atoms with Gasteiger partial charge in [0.25, 0.3) is 0 Å². The van der Waals surface area contributed by atoms with E-state index in [9.17, 15) is 21.6 Å². The van der Waals surface area contributed by atoms with Crippen molar-refractivity contribution in [3.63, 3.8) is 0 Å². The highest BCUT2D eigenvalue weighted by Gasteiger charge is 2.33. The minimum Gasteiger partial charge on any atom is -0.355 e. The normalized spacial score (nSPS) is 13.3. The Hall–Kier alpha value is -1.40. The smallest absolute Gasteiger partial charge is 0.355 e. The molecular formula is C13H22F3N5O2S2. The summed E-state index contributed by atoms with van der Waals surface area (Å²) >= 11 is 0.888. The molecule has 144 valence electrons. The first-order valence-corrected chi connectivity index (χ1v) is 10.1. The molecule has 0 aliphatic rings. The number of nitrogens with zero attached hydrogens (tertiary/aromatic N) is 3. The van der Waals surface area contributed by atoms with E-state index < -0.39 is 21.9 Å². The predicted molar refractivity (Wildman–Crippen MR) is 92.0 cm³/mol. The van der Waals surface area contributed by atoms with Crippen LogP contribution in [0.25, 0.3) is 0 Å². The van der Waals surface area contributed by atoms with Crippen molar-refractivity contribution in [3.8, 4) is 0 Å². The molecule has 0 unspecified atom stereocenters. The Morgan fingerprint density at radius 2 is 1.96 bits per heavy atom. The van der Waals surface area contributed by atoms with Crippen molar-refractivity contribution in [2.24, 2.45) is 4.99 Å². The van der Waals surface area contributed by atoms with Crippen LogP contribution in [0.3, 0.4) is 0 Å². The molecule has 0 bridgehead atoms. The molecule has 2 N–H and O–H groups in total. The number of thiazole rings is 1. The standard InChI is InChI=1S/C13H22F3N5O2S2/c1-4-21(5-2)25(22,23)7-6-18-12(17-3)19-8-11-20-10(9-24-11)13(14,15)16/h9H,4-8H2,1-3H3,(H2,17,18,19). The number of aromatic nitrogens is 1. The molecule has 0 aliphatic carbocycles. The molecule has 1 heterocycles. The summed E-state index contributed by atoms with van der Waals surface area (Å²) < 4.78 is 62.9. The molecule has 7 nitrogen and oxygen atoms in total. The van der Waals surface area contributed by atoms with Crippen LogP contribution in [-0.4, -0.2) is 56.1 Å². The molecule has 1 aromatic rings. The zero-order valence-electron chi connectivity index (χ0n) is 14.2. The first-order valence-electron chi connectivity index (χ1n) is 7.58. The van der Waals surface area contributed by atoms with Gasteiger partial charge in [-0.25, -0.2) is 17.7 Å². The van der Waals surface area contributed by atoms with Gasteiger partial charge in [-0.1, -0.05) is 13.8 Å². The fourth-order valence-electron chi connectivity index (χ4n) is 1.95. The monoisotopic (exact) mass is 401 g/mol. The van der Waals surface area contributed by atoms with E-state index in [1.807, 2.05) is 0 Å². The molecule has 0 saturated heterocycles. The summed E-state index contributed by atoms with van der Waals surface area (Å²) in [6.45, 7) is 4.51. The highest BCUT2D eigenvalue weighted by atomic mass is 32.2. The van der Waals surface area contributed by atoms with Gasteiger partial charge in [0, 0.05) is 32.1 Å². The molecule has 12 heteroatoms. The van der Waals surface area contributed by atoms with Crippen LogP contribution >= 0.6 is 11.3 Å². The van der Waals surface area contributed by atoms with Crippen LogP contribution in [0.15, 0.2) is 10.4 Å². The number of hydrogen-bond acceptors (Lipinski definition) is 5. The summed E-state index contributed by atoms with van der Waals surface area (Å²) in [6.07, 6.45) is -4.46. The Kier molecular flexibility index (Phi) is 8.09. The molecule has 0 radical (unpaired) electrons. The van der Waals surface area contributed by atoms with Gasteiger partial charge in [0.2, 0.25) is 10.0 Å². The van der Waals surface area contributed by atoms with Crippen molar-refractivity contribution in [2.45, 2.75) is 26.6 Å². The van der Waals surface area contributed by atoms with Gasteiger partial charge < -0.3 is 10.6 Å². The van der Waals surface area contributed by atoms with E-state index in [1.54, 1.807) is 13.8 Å². The van der Waals surface area contributed by atoms with Crippen molar-refractivity contribution < 1.29 is 21.6 Å². The maximum absolute atomic E-state index is 12.5. The van der Waals surface area contributed by atoms with Crippen LogP contribution < -0.4 is 10.6 Å². The zero-order valence-corrected chi connectivity index (χ0v) is 15.9. The van der Waals surface area contributed by atoms with Gasteiger partial charge in [0.1, 0.15) is 5.01 Å². The van der Waals surface area contributed by atoms with Crippen LogP contribution in [0.1, 0.15) is 24.5 Å². The van der Waals surface area contributed by atoms with E-state index in [0.29, 0.717) is 19.0 Å². The van der Waals surface area contributed by atoms with Gasteiger partial charge in [0.05, 0.1) is 12.3 Å². The minimum absolute atomic E-state index is 0.0587. The summed E-state index contributed by atoms with van der Waals surface area (Å²) in [4.78, 5) is 7.40. The fraction of sp³-hybridized carbons (Fsp3) is 0.692. The number of hydrogen-bond donors (Lipinski definition) is 2. The lowest BCUT2D eigenvalue weighted by Crippen LogP contribution is -2.41. The largest absolute Gasteiger partial charge is 0.434 e. The maximum Gasteiger partial charge on any atom is 0.434 e. The fourth-order valence-corrected chi connectivity index (χ4v) is 4.09. The van der Waals surface area contributed by atoms with Gasteiger partial charge in [0.15, 0.2) is 11.7 Å². The second kappa shape index (κ2) is 9.34. The first-order chi connectivity index (χ1) is 11.6. The van der Waals surface area contributed by atoms with E-state index in [0.717, 1.165) is 16.7 Å². The summed E-state index contributed by atoms with van der Waals surface area (Å²) in [7, 11) is -1.87. The summed E-state index contributed by atoms with van der Waals surface area (Å²) in [5.41, 5.74) is -0.928. The molecule has 1 aromatic heterocycles. The van der Waals surface area contributed by atoms with Crippen LogP contribution in [-0.2, 0) is 22.7 Å². The lowest BCUT2D eigenvalue weighted by molar-refractivity contribution is -0.140. The van der Waals surface area contributed by atoms with Crippen molar-refractivity contribution in [1.29, 1.82) is 0 Å². The third-order valence-electron chi connectivity index (χ3n) is 3.22. The average Bonchev–Trinajstić information content (AvgIpc) is 3.00. The van der Waals surface area contributed by atoms with Crippen LogP contribution in [0.2, 0.25) is 0 Å². The van der Waals surface area contributed by atoms with E-state index >= 15 is 0 Å². The van der Waals surface area contributed by atoms with Gasteiger partial charge in [-0.15, -0.1) is 11.3 Å². The molecular weight excluding hydrogens is 379 g/mol. The van der Waals surface area contributed by atoms with Gasteiger partial charge in [-0.05, 0) is 0 Å². The highest BCUT2D eigenvalue weighted by molar-refractivity contribution is 7.89. The number of aliphatic imine (C=N–C) groups is 1. The molecule has 0 aromatic carbocycles. The number of guanidine groups is 1. The molecule has 25 heavy (non-hydrogen) atoms. The predicted octanol–water partition coefficient (Wildman–Crippen LogP) is 1.50. The van der Waals surface area contributed by atoms with Crippen molar-refractivity contribution >= 4 is 27.3 Å². The van der Waals surface area contributed by atoms with Crippen molar-refractivity contribution in [2.75, 3.05) is 32.4 Å². The molecule has 0 fully saturated rings. The third kappa shape index (κ3) is 6.78. The van der Waals surface area contributed by atoms with E-state index in [4.69, 9.17) is 0 Å². The SMILES string of the molecule is CCN(CC)S(=O)(=O)CCNC(=NC)NCc1nc(C(F)(F)F)cs1. The van der Waals surface area contributed by atoms with Gasteiger partial charge >= 0.3 is 6.18 Å². The third-order valence-corrected chi connectivity index (χ3v) is 6.10. The Morgan fingerprint density at radius 3 is 2.44 bits per heavy atom. The van der Waals surface area contributed by atoms with Crippen molar-refractivity contribution in [3.05, 3.63) is 16.1 Å². The Labute approximate surface area is 149 Å². The molecule has 0 saturated carbocycles. The maximum atomic E-state index is 12.5. The highest BCUT2D eigenvalue weighted by Crippen LogP contribution is 2.29. The van der Waals surface area contributed by atoms with Gasteiger partial charge in [-0.2, -0.15) is 13.2 Å². The van der Waals surface area contributed by atoms with Gasteiger partial charge in [-0.3, -0.25) is 4.99 Å². The summed E-state index contributed by atoms with van der Waals surface area (Å²) in [5.74, 6) is 0.184. The van der Waals surface area contributed by atoms with Crippen molar-refractivity contribution in [1.82, 2.24) is 19.9 Å². The van der Waals surface area contributed by atoms with E-state index in [2.05, 4.69) is 20.6 Å². The number of rotatable bonds is 8. The Morgan fingerprint density at radius 1 is 1.32 bits per heavy atom. The minimum atomic E-state index is -4.46. The number of alkyl halides is 3. The lowest BCUT2D eigenvalue weighted by atomic mass is 10.5. The quantitative estimate of drug-likeness (QED) is 0.509. The Balaban J connectivity index is 2.49. The van der Waals surface area contributed by atoms with Crippen LogP contribution in [0.4, 0.5) is 13.2 Å². The molecule has 0 aliphatic heterocycles. The number of nitrogens with one attached hydrogen (secondary N) is 2. The number of sulfonamides is 1. The number of halogens is 3. The van der Waals surface area contributed by atoms with Crippen LogP contribution in [0, 0.1) is 0 Å². The molecule has 1 rings (SSSR count). The zero-order chi connectivity index (χ0) is 19.1. The molecule has 0 spiro atoms.